The summed E-state index contributed by atoms with van der Waals surface area (Å²) in [6.45, 7) is 13.1. The van der Waals surface area contributed by atoms with Crippen molar-refractivity contribution in [3.63, 3.8) is 0 Å². The highest BCUT2D eigenvalue weighted by atomic mass is 16.7. The van der Waals surface area contributed by atoms with E-state index in [4.69, 9.17) is 4.84 Å². The first kappa shape index (κ1) is 11.9. The van der Waals surface area contributed by atoms with Crippen molar-refractivity contribution in [2.75, 3.05) is 7.11 Å². The third-order valence-electron chi connectivity index (χ3n) is 2.19. The van der Waals surface area contributed by atoms with Crippen LogP contribution in [0.4, 0.5) is 0 Å². The lowest BCUT2D eigenvalue weighted by Gasteiger charge is -2.39. The van der Waals surface area contributed by atoms with E-state index in [0.29, 0.717) is 12.0 Å². The van der Waals surface area contributed by atoms with Gasteiger partial charge < -0.3 is 4.84 Å². The molecule has 0 fully saturated rings. The number of hydroxylamine groups is 2. The monoisotopic (exact) mass is 173 g/mol. The molecule has 0 N–H and O–H groups in total. The Morgan fingerprint density at radius 1 is 1.08 bits per heavy atom. The normalized spacial score (nSPS) is 15.8. The van der Waals surface area contributed by atoms with Gasteiger partial charge in [-0.15, -0.1) is 0 Å². The predicted octanol–water partition coefficient (Wildman–Crippen LogP) is 2.69. The maximum absolute atomic E-state index is 5.37. The first-order valence-corrected chi connectivity index (χ1v) is 4.64. The first-order valence-electron chi connectivity index (χ1n) is 4.64. The molecule has 1 unspecified atom stereocenters. The minimum Gasteiger partial charge on any atom is -0.302 e. The van der Waals surface area contributed by atoms with Crippen LogP contribution in [-0.4, -0.2) is 23.8 Å². The SMILES string of the molecule is CON(C(C)C(C)C)C(C)(C)C. The molecule has 0 saturated heterocycles. The van der Waals surface area contributed by atoms with Gasteiger partial charge in [0.25, 0.3) is 0 Å². The lowest BCUT2D eigenvalue weighted by molar-refractivity contribution is -0.219. The second-order valence-electron chi connectivity index (χ2n) is 4.66. The topological polar surface area (TPSA) is 12.5 Å². The van der Waals surface area contributed by atoms with Crippen molar-refractivity contribution in [1.29, 1.82) is 0 Å². The van der Waals surface area contributed by atoms with Crippen LogP contribution in [0.5, 0.6) is 0 Å². The van der Waals surface area contributed by atoms with Crippen LogP contribution in [0, 0.1) is 5.92 Å². The summed E-state index contributed by atoms with van der Waals surface area (Å²) in [5.74, 6) is 0.615. The summed E-state index contributed by atoms with van der Waals surface area (Å²) in [5, 5.41) is 2.05. The van der Waals surface area contributed by atoms with Gasteiger partial charge in [-0.2, -0.15) is 5.06 Å². The summed E-state index contributed by atoms with van der Waals surface area (Å²) >= 11 is 0. The summed E-state index contributed by atoms with van der Waals surface area (Å²) in [7, 11) is 1.74. The van der Waals surface area contributed by atoms with Gasteiger partial charge >= 0.3 is 0 Å². The third kappa shape index (κ3) is 3.11. The molecule has 0 bridgehead atoms. The summed E-state index contributed by atoms with van der Waals surface area (Å²) in [4.78, 5) is 5.37. The fourth-order valence-corrected chi connectivity index (χ4v) is 1.32. The fraction of sp³-hybridized carbons (Fsp3) is 1.00. The molecule has 0 radical (unpaired) electrons. The first-order chi connectivity index (χ1) is 5.30. The molecule has 0 heterocycles. The zero-order valence-corrected chi connectivity index (χ0v) is 9.51. The number of hydrogen-bond acceptors (Lipinski definition) is 2. The summed E-state index contributed by atoms with van der Waals surface area (Å²) in [6, 6.07) is 0.454. The molecule has 74 valence electrons. The van der Waals surface area contributed by atoms with E-state index in [0.717, 1.165) is 0 Å². The average molecular weight is 173 g/mol. The smallest absolute Gasteiger partial charge is 0.0575 e. The highest BCUT2D eigenvalue weighted by Crippen LogP contribution is 2.20. The van der Waals surface area contributed by atoms with Crippen LogP contribution in [0.1, 0.15) is 41.5 Å². The standard InChI is InChI=1S/C10H23NO/c1-8(2)9(3)11(12-7)10(4,5)6/h8-9H,1-7H3. The Hall–Kier alpha value is -0.0800. The Bertz CT molecular complexity index is 126. The molecule has 0 spiro atoms. The molecular weight excluding hydrogens is 150 g/mol. The second-order valence-corrected chi connectivity index (χ2v) is 4.66. The minimum atomic E-state index is 0.0818. The molecule has 0 aliphatic carbocycles. The van der Waals surface area contributed by atoms with E-state index in [1.807, 2.05) is 0 Å². The van der Waals surface area contributed by atoms with Gasteiger partial charge in [0.1, 0.15) is 0 Å². The maximum Gasteiger partial charge on any atom is 0.0575 e. The van der Waals surface area contributed by atoms with Crippen LogP contribution >= 0.6 is 0 Å². The minimum absolute atomic E-state index is 0.0818. The molecule has 0 aromatic rings. The quantitative estimate of drug-likeness (QED) is 0.608. The Kier molecular flexibility index (Phi) is 4.21. The van der Waals surface area contributed by atoms with Crippen molar-refractivity contribution in [1.82, 2.24) is 5.06 Å². The Balaban J connectivity index is 4.35. The summed E-state index contributed by atoms with van der Waals surface area (Å²) in [6.07, 6.45) is 0. The van der Waals surface area contributed by atoms with E-state index in [9.17, 15) is 0 Å². The molecule has 0 aliphatic heterocycles. The summed E-state index contributed by atoms with van der Waals surface area (Å²) < 4.78 is 0. The molecule has 0 saturated carbocycles. The molecule has 12 heavy (non-hydrogen) atoms. The lowest BCUT2D eigenvalue weighted by Crippen LogP contribution is -2.48. The molecule has 0 amide bonds. The van der Waals surface area contributed by atoms with E-state index in [1.54, 1.807) is 7.11 Å². The third-order valence-corrected chi connectivity index (χ3v) is 2.19. The van der Waals surface area contributed by atoms with E-state index in [2.05, 4.69) is 46.6 Å². The fourth-order valence-electron chi connectivity index (χ4n) is 1.32. The van der Waals surface area contributed by atoms with E-state index < -0.39 is 0 Å². The number of hydrogen-bond donors (Lipinski definition) is 0. The largest absolute Gasteiger partial charge is 0.302 e. The van der Waals surface area contributed by atoms with Gasteiger partial charge in [-0.05, 0) is 33.6 Å². The highest BCUT2D eigenvalue weighted by molar-refractivity contribution is 4.76. The van der Waals surface area contributed by atoms with Crippen LogP contribution in [0.2, 0.25) is 0 Å². The van der Waals surface area contributed by atoms with Gasteiger partial charge in [0, 0.05) is 11.6 Å². The van der Waals surface area contributed by atoms with Crippen molar-refractivity contribution < 1.29 is 4.84 Å². The van der Waals surface area contributed by atoms with Crippen LogP contribution in [0.15, 0.2) is 0 Å². The van der Waals surface area contributed by atoms with Gasteiger partial charge in [0.15, 0.2) is 0 Å². The van der Waals surface area contributed by atoms with E-state index >= 15 is 0 Å². The van der Waals surface area contributed by atoms with Gasteiger partial charge in [-0.3, -0.25) is 0 Å². The van der Waals surface area contributed by atoms with Gasteiger partial charge in [0.2, 0.25) is 0 Å². The van der Waals surface area contributed by atoms with Crippen molar-refractivity contribution in [3.05, 3.63) is 0 Å². The maximum atomic E-state index is 5.37. The zero-order chi connectivity index (χ0) is 9.94. The second kappa shape index (κ2) is 4.24. The van der Waals surface area contributed by atoms with Gasteiger partial charge in [-0.25, -0.2) is 0 Å². The molecule has 2 nitrogen and oxygen atoms in total. The molecule has 0 rings (SSSR count). The Labute approximate surface area is 76.9 Å². The van der Waals surface area contributed by atoms with Crippen LogP contribution in [0.3, 0.4) is 0 Å². The molecular formula is C10H23NO. The van der Waals surface area contributed by atoms with Crippen LogP contribution in [0.25, 0.3) is 0 Å². The van der Waals surface area contributed by atoms with E-state index in [-0.39, 0.29) is 5.54 Å². The van der Waals surface area contributed by atoms with E-state index in [1.165, 1.54) is 0 Å². The number of rotatable bonds is 3. The molecule has 0 aromatic carbocycles. The molecule has 1 atom stereocenters. The Morgan fingerprint density at radius 3 is 1.58 bits per heavy atom. The van der Waals surface area contributed by atoms with Crippen molar-refractivity contribution in [2.24, 2.45) is 5.92 Å². The highest BCUT2D eigenvalue weighted by Gasteiger charge is 2.27. The molecule has 0 aromatic heterocycles. The number of nitrogens with zero attached hydrogens (tertiary/aromatic N) is 1. The van der Waals surface area contributed by atoms with Crippen LogP contribution < -0.4 is 0 Å². The van der Waals surface area contributed by atoms with Crippen LogP contribution in [-0.2, 0) is 4.84 Å². The van der Waals surface area contributed by atoms with Gasteiger partial charge in [-0.1, -0.05) is 13.8 Å². The molecule has 0 aliphatic rings. The Morgan fingerprint density at radius 2 is 1.50 bits per heavy atom. The summed E-state index contributed by atoms with van der Waals surface area (Å²) in [5.41, 5.74) is 0.0818. The van der Waals surface area contributed by atoms with Crippen molar-refractivity contribution >= 4 is 0 Å². The van der Waals surface area contributed by atoms with Crippen molar-refractivity contribution in [3.8, 4) is 0 Å². The molecule has 2 heteroatoms. The lowest BCUT2D eigenvalue weighted by atomic mass is 10.0. The van der Waals surface area contributed by atoms with Gasteiger partial charge in [0.05, 0.1) is 7.11 Å². The average Bonchev–Trinajstić information content (AvgIpc) is 1.85. The van der Waals surface area contributed by atoms with Crippen molar-refractivity contribution in [2.45, 2.75) is 53.1 Å². The zero-order valence-electron chi connectivity index (χ0n) is 9.51. The predicted molar refractivity (Wildman–Crippen MR) is 52.9 cm³/mol.